The molecule has 3 N–H and O–H groups in total. The van der Waals surface area contributed by atoms with E-state index >= 15 is 0 Å². The zero-order chi connectivity index (χ0) is 17.0. The molecule has 2 heterocycles. The number of nitrogen functional groups attached to an aromatic ring is 1. The van der Waals surface area contributed by atoms with E-state index in [1.165, 1.54) is 23.1 Å². The van der Waals surface area contributed by atoms with Gasteiger partial charge in [-0.3, -0.25) is 14.7 Å². The lowest BCUT2D eigenvalue weighted by atomic mass is 10.1. The van der Waals surface area contributed by atoms with Gasteiger partial charge in [0.2, 0.25) is 17.0 Å². The summed E-state index contributed by atoms with van der Waals surface area (Å²) in [6.45, 7) is 6.15. The maximum absolute atomic E-state index is 12.6. The zero-order valence-electron chi connectivity index (χ0n) is 13.6. The number of rotatable bonds is 7. The Balaban J connectivity index is 2.14. The van der Waals surface area contributed by atoms with Crippen molar-refractivity contribution < 1.29 is 4.79 Å². The quantitative estimate of drug-likeness (QED) is 0.732. The average Bonchev–Trinajstić information content (AvgIpc) is 3.07. The first-order valence-electron chi connectivity index (χ1n) is 7.33. The Morgan fingerprint density at radius 1 is 1.35 bits per heavy atom. The van der Waals surface area contributed by atoms with Gasteiger partial charge in [-0.2, -0.15) is 0 Å². The molecule has 10 heteroatoms. The number of thioether (sulfide) groups is 1. The number of anilines is 2. The van der Waals surface area contributed by atoms with Crippen LogP contribution in [0.25, 0.3) is 0 Å². The Morgan fingerprint density at radius 2 is 2.09 bits per heavy atom. The third-order valence-electron chi connectivity index (χ3n) is 3.15. The third-order valence-corrected chi connectivity index (χ3v) is 4.66. The molecular formula is C13H21N7OS2. The Bertz CT molecular complexity index is 667. The van der Waals surface area contributed by atoms with Gasteiger partial charge in [0, 0.05) is 6.42 Å². The number of carbonyl (C=O) groups excluding carboxylic acids is 1. The van der Waals surface area contributed by atoms with E-state index in [0.717, 1.165) is 11.4 Å². The van der Waals surface area contributed by atoms with Gasteiger partial charge in [0.1, 0.15) is 11.0 Å². The van der Waals surface area contributed by atoms with Gasteiger partial charge in [-0.15, -0.1) is 20.4 Å². The number of amides is 1. The summed E-state index contributed by atoms with van der Waals surface area (Å²) in [5, 5.41) is 20.8. The number of nitrogens with zero attached hydrogens (tertiary/aromatic N) is 5. The summed E-state index contributed by atoms with van der Waals surface area (Å²) < 4.78 is 1.65. The van der Waals surface area contributed by atoms with Crippen LogP contribution >= 0.6 is 23.1 Å². The lowest BCUT2D eigenvalue weighted by Crippen LogP contribution is -2.27. The van der Waals surface area contributed by atoms with E-state index in [2.05, 4.69) is 39.6 Å². The van der Waals surface area contributed by atoms with E-state index in [1.54, 1.807) is 4.57 Å². The molecule has 0 aliphatic carbocycles. The SMILES string of the molecule is CCC(C(=O)Nc1nnc(CC(C)C)s1)n1c(N)nnc1SC. The maximum atomic E-state index is 12.6. The number of hydrogen-bond donors (Lipinski definition) is 2. The summed E-state index contributed by atoms with van der Waals surface area (Å²) >= 11 is 2.80. The van der Waals surface area contributed by atoms with Crippen molar-refractivity contribution in [2.24, 2.45) is 5.92 Å². The average molecular weight is 355 g/mol. The molecule has 1 amide bonds. The molecule has 0 aliphatic heterocycles. The fourth-order valence-electron chi connectivity index (χ4n) is 2.13. The molecule has 0 fully saturated rings. The van der Waals surface area contributed by atoms with Crippen molar-refractivity contribution in [1.82, 2.24) is 25.0 Å². The van der Waals surface area contributed by atoms with Crippen LogP contribution in [0.2, 0.25) is 0 Å². The van der Waals surface area contributed by atoms with E-state index in [9.17, 15) is 4.79 Å². The van der Waals surface area contributed by atoms with Crippen LogP contribution in [0.5, 0.6) is 0 Å². The van der Waals surface area contributed by atoms with Crippen molar-refractivity contribution in [2.75, 3.05) is 17.3 Å². The van der Waals surface area contributed by atoms with Gasteiger partial charge >= 0.3 is 0 Å². The first kappa shape index (κ1) is 17.7. The van der Waals surface area contributed by atoms with Crippen LogP contribution < -0.4 is 11.1 Å². The molecule has 0 radical (unpaired) electrons. The Labute approximate surface area is 143 Å². The van der Waals surface area contributed by atoms with E-state index in [0.29, 0.717) is 22.6 Å². The van der Waals surface area contributed by atoms with Gasteiger partial charge in [0.25, 0.3) is 0 Å². The fourth-order valence-corrected chi connectivity index (χ4v) is 3.62. The van der Waals surface area contributed by atoms with E-state index in [-0.39, 0.29) is 11.9 Å². The van der Waals surface area contributed by atoms with E-state index < -0.39 is 6.04 Å². The Hall–Kier alpha value is -1.68. The van der Waals surface area contributed by atoms with Gasteiger partial charge in [0.15, 0.2) is 5.16 Å². The Kier molecular flexibility index (Phi) is 5.94. The molecule has 0 aliphatic rings. The normalized spacial score (nSPS) is 12.6. The van der Waals surface area contributed by atoms with Gasteiger partial charge < -0.3 is 5.73 Å². The van der Waals surface area contributed by atoms with Crippen LogP contribution in [0, 0.1) is 5.92 Å². The van der Waals surface area contributed by atoms with E-state index in [4.69, 9.17) is 5.73 Å². The molecule has 1 unspecified atom stereocenters. The second-order valence-corrected chi connectivity index (χ2v) is 7.26. The first-order chi connectivity index (χ1) is 11.0. The summed E-state index contributed by atoms with van der Waals surface area (Å²) in [5.74, 6) is 0.534. The lowest BCUT2D eigenvalue weighted by Gasteiger charge is -2.17. The van der Waals surface area contributed by atoms with Crippen LogP contribution in [0.15, 0.2) is 5.16 Å². The number of nitrogens with two attached hydrogens (primary N) is 1. The topological polar surface area (TPSA) is 112 Å². The minimum atomic E-state index is -0.482. The van der Waals surface area contributed by atoms with Crippen molar-refractivity contribution in [2.45, 2.75) is 44.8 Å². The molecule has 2 aromatic heterocycles. The monoisotopic (exact) mass is 355 g/mol. The number of aromatic nitrogens is 5. The lowest BCUT2D eigenvalue weighted by molar-refractivity contribution is -0.119. The van der Waals surface area contributed by atoms with Crippen LogP contribution in [-0.4, -0.2) is 37.1 Å². The fraction of sp³-hybridized carbons (Fsp3) is 0.615. The van der Waals surface area contributed by atoms with Crippen LogP contribution in [0.4, 0.5) is 11.1 Å². The summed E-state index contributed by atoms with van der Waals surface area (Å²) in [6.07, 6.45) is 3.28. The molecule has 1 atom stereocenters. The van der Waals surface area contributed by atoms with Crippen molar-refractivity contribution in [3.63, 3.8) is 0 Å². The smallest absolute Gasteiger partial charge is 0.249 e. The summed E-state index contributed by atoms with van der Waals surface area (Å²) in [4.78, 5) is 12.6. The van der Waals surface area contributed by atoms with Crippen molar-refractivity contribution in [1.29, 1.82) is 0 Å². The van der Waals surface area contributed by atoms with Crippen molar-refractivity contribution in [3.05, 3.63) is 5.01 Å². The predicted molar refractivity (Wildman–Crippen MR) is 92.6 cm³/mol. The summed E-state index contributed by atoms with van der Waals surface area (Å²) in [7, 11) is 0. The van der Waals surface area contributed by atoms with Crippen LogP contribution in [0.1, 0.15) is 38.2 Å². The van der Waals surface area contributed by atoms with Gasteiger partial charge in [-0.1, -0.05) is 43.9 Å². The van der Waals surface area contributed by atoms with Gasteiger partial charge in [-0.05, 0) is 18.6 Å². The standard InChI is InChI=1S/C13H21N7OS2/c1-5-8(20-11(14)17-19-13(20)22-4)10(21)15-12-18-16-9(23-12)6-7(2)3/h7-8H,5-6H2,1-4H3,(H2,14,17)(H,15,18,21). The molecule has 0 saturated carbocycles. The highest BCUT2D eigenvalue weighted by Gasteiger charge is 2.25. The highest BCUT2D eigenvalue weighted by Crippen LogP contribution is 2.25. The number of nitrogens with one attached hydrogen (secondary N) is 1. The number of hydrogen-bond acceptors (Lipinski definition) is 8. The Morgan fingerprint density at radius 3 is 2.70 bits per heavy atom. The van der Waals surface area contributed by atoms with Gasteiger partial charge in [0.05, 0.1) is 0 Å². The first-order valence-corrected chi connectivity index (χ1v) is 9.38. The highest BCUT2D eigenvalue weighted by atomic mass is 32.2. The van der Waals surface area contributed by atoms with E-state index in [1.807, 2.05) is 13.2 Å². The van der Waals surface area contributed by atoms with Crippen molar-refractivity contribution in [3.8, 4) is 0 Å². The highest BCUT2D eigenvalue weighted by molar-refractivity contribution is 7.98. The molecule has 0 bridgehead atoms. The van der Waals surface area contributed by atoms with Gasteiger partial charge in [-0.25, -0.2) is 0 Å². The van der Waals surface area contributed by atoms with Crippen LogP contribution in [0.3, 0.4) is 0 Å². The molecule has 126 valence electrons. The maximum Gasteiger partial charge on any atom is 0.249 e. The number of carbonyl (C=O) groups is 1. The molecule has 2 aromatic rings. The molecule has 23 heavy (non-hydrogen) atoms. The minimum absolute atomic E-state index is 0.193. The molecule has 2 rings (SSSR count). The third kappa shape index (κ3) is 4.20. The van der Waals surface area contributed by atoms with Crippen LogP contribution in [-0.2, 0) is 11.2 Å². The second-order valence-electron chi connectivity index (χ2n) is 5.43. The van der Waals surface area contributed by atoms with Crippen molar-refractivity contribution >= 4 is 40.1 Å². The molecule has 0 saturated heterocycles. The second kappa shape index (κ2) is 7.73. The molecule has 0 aromatic carbocycles. The summed E-state index contributed by atoms with van der Waals surface area (Å²) in [6, 6.07) is -0.482. The molecule has 0 spiro atoms. The zero-order valence-corrected chi connectivity index (χ0v) is 15.2. The predicted octanol–water partition coefficient (Wildman–Crippen LogP) is 2.22. The molecule has 8 nitrogen and oxygen atoms in total. The molecular weight excluding hydrogens is 334 g/mol. The largest absolute Gasteiger partial charge is 0.368 e. The minimum Gasteiger partial charge on any atom is -0.368 e. The summed E-state index contributed by atoms with van der Waals surface area (Å²) in [5.41, 5.74) is 5.85.